The first-order chi connectivity index (χ1) is 39.2. The second-order valence-electron chi connectivity index (χ2n) is 17.3. The van der Waals surface area contributed by atoms with E-state index in [1.54, 1.807) is 0 Å². The summed E-state index contributed by atoms with van der Waals surface area (Å²) in [6.07, 6.45) is -30.3. The van der Waals surface area contributed by atoms with Crippen molar-refractivity contribution < 1.29 is 248 Å². The molecule has 40 nitrogen and oxygen atoms in total. The summed E-state index contributed by atoms with van der Waals surface area (Å²) in [6.45, 7) is 6.86. The topological polar surface area (TPSA) is 578 Å². The van der Waals surface area contributed by atoms with Gasteiger partial charge >= 0.3 is 130 Å². The molecule has 0 heterocycles. The molecule has 0 aromatic heterocycles. The molecule has 492 valence electrons. The van der Waals surface area contributed by atoms with Gasteiger partial charge in [-0.05, 0) is 0 Å². The van der Waals surface area contributed by atoms with Crippen LogP contribution in [0.15, 0.2) is 0 Å². The van der Waals surface area contributed by atoms with Gasteiger partial charge in [0.2, 0.25) is 0 Å². The molecule has 89 heavy (non-hydrogen) atoms. The summed E-state index contributed by atoms with van der Waals surface area (Å²) in [5.74, 6) is -13.2. The maximum Gasteiger partial charge on any atom is 2.00 e. The normalized spacial score (nSPS) is 24.8. The molecule has 2 saturated carbocycles. The molecule has 2 aliphatic carbocycles. The maximum absolute atomic E-state index is 12.9. The molecule has 0 spiro atoms. The Labute approximate surface area is 542 Å². The van der Waals surface area contributed by atoms with E-state index in [9.17, 15) is 105 Å². The van der Waals surface area contributed by atoms with E-state index in [1.165, 1.54) is 0 Å². The zero-order valence-electron chi connectivity index (χ0n) is 49.2. The molecule has 0 bridgehead atoms. The molecule has 2 aliphatic rings. The molecule has 0 radical (unpaired) electrons. The van der Waals surface area contributed by atoms with E-state index in [0.717, 1.165) is 83.1 Å². The molecule has 0 saturated heterocycles. The Bertz CT molecular complexity index is 2400. The number of ether oxygens (including phenoxy) is 12. The van der Waals surface area contributed by atoms with Gasteiger partial charge in [-0.2, -0.15) is 0 Å². The summed E-state index contributed by atoms with van der Waals surface area (Å²) in [5, 5.41) is 0. The molecule has 0 aliphatic heterocycles. The molecule has 0 aromatic rings. The zero-order chi connectivity index (χ0) is 66.6. The van der Waals surface area contributed by atoms with Gasteiger partial charge in [0.15, 0.2) is 61.0 Å². The predicted octanol–water partition coefficient (Wildman–Crippen LogP) is -5.40. The number of hydrogen-bond acceptors (Lipinski definition) is 40. The van der Waals surface area contributed by atoms with Gasteiger partial charge in [-0.15, -0.1) is 0 Å². The average Bonchev–Trinajstić information content (AvgIpc) is 0.910. The minimum Gasteiger partial charge on any atom is -0.790 e. The van der Waals surface area contributed by atoms with E-state index in [-0.39, 0.29) is 58.4 Å². The number of rotatable bonds is 28. The first kappa shape index (κ1) is 89.1. The largest absolute Gasteiger partial charge is 2.00 e. The van der Waals surface area contributed by atoms with Crippen LogP contribution in [-0.4, -0.2) is 184 Å². The van der Waals surface area contributed by atoms with E-state index in [4.69, 9.17) is 65.5 Å². The fourth-order valence-corrected chi connectivity index (χ4v) is 10.4. The van der Waals surface area contributed by atoms with E-state index in [0.29, 0.717) is 0 Å². The summed E-state index contributed by atoms with van der Waals surface area (Å²) in [7, 11) is -23.5. The summed E-state index contributed by atoms with van der Waals surface area (Å²) in [5.41, 5.74) is 0. The second kappa shape index (κ2) is 40.1. The van der Waals surface area contributed by atoms with E-state index in [2.05, 4.69) is 18.5 Å². The van der Waals surface area contributed by atoms with Gasteiger partial charge in [0.25, 0.3) is 15.6 Å². The molecule has 0 N–H and O–H groups in total. The Morgan fingerprint density at radius 1 is 0.281 bits per heavy atom. The molecule has 12 unspecified atom stereocenters. The van der Waals surface area contributed by atoms with Gasteiger partial charge in [-0.25, -0.2) is 0 Å². The number of phosphoric ester groups is 4. The third-order valence-corrected chi connectivity index (χ3v) is 12.7. The molecule has 47 heteroatoms. The van der Waals surface area contributed by atoms with Gasteiger partial charge in [0.1, 0.15) is 37.6 Å². The van der Waals surface area contributed by atoms with Gasteiger partial charge in [-0.1, -0.05) is 0 Å². The Morgan fingerprint density at radius 2 is 0.461 bits per heavy atom. The quantitative estimate of drug-likeness (QED) is 0.0305. The molecule has 0 amide bonds. The fourth-order valence-electron chi connectivity index (χ4n) is 7.46. The third-order valence-electron chi connectivity index (χ3n) is 9.75. The van der Waals surface area contributed by atoms with Crippen LogP contribution in [0.4, 0.5) is 0 Å². The van der Waals surface area contributed by atoms with Crippen LogP contribution in [0, 0.1) is 0 Å². The van der Waals surface area contributed by atoms with Crippen LogP contribution in [0.5, 0.6) is 0 Å². The van der Waals surface area contributed by atoms with E-state index < -0.39 is 215 Å². The van der Waals surface area contributed by atoms with Crippen LogP contribution in [0.2, 0.25) is 0 Å². The molecule has 2 fully saturated rings. The number of hydrogen-bond donors (Lipinski definition) is 0. The minimum absolute atomic E-state index is 0. The first-order valence-electron chi connectivity index (χ1n) is 23.9. The molecular formula is C42H58O40P4Zn3. The van der Waals surface area contributed by atoms with Crippen molar-refractivity contribution in [1.29, 1.82) is 0 Å². The summed E-state index contributed by atoms with van der Waals surface area (Å²) in [6, 6.07) is 0. The monoisotopic (exact) mass is 1520 g/mol. The van der Waals surface area contributed by atoms with Crippen LogP contribution in [0.25, 0.3) is 0 Å². The summed E-state index contributed by atoms with van der Waals surface area (Å²) >= 11 is 0. The second-order valence-corrected chi connectivity index (χ2v) is 22.3. The van der Waals surface area contributed by atoms with E-state index >= 15 is 0 Å². The maximum atomic E-state index is 12.9. The van der Waals surface area contributed by atoms with Gasteiger partial charge in [-0.3, -0.25) is 66.7 Å². The third kappa shape index (κ3) is 35.5. The Hall–Kier alpha value is -4.05. The predicted molar refractivity (Wildman–Crippen MR) is 251 cm³/mol. The van der Waals surface area contributed by atoms with Crippen molar-refractivity contribution in [3.63, 3.8) is 0 Å². The Morgan fingerprint density at radius 3 is 0.607 bits per heavy atom. The molecular weight excluding hydrogens is 1460 g/mol. The van der Waals surface area contributed by atoms with E-state index in [1.807, 2.05) is 0 Å². The van der Waals surface area contributed by atoms with Gasteiger partial charge in [0, 0.05) is 83.1 Å². The Balaban J connectivity index is -0.00000161. The minimum atomic E-state index is -6.05. The number of esters is 12. The standard InChI is InChI=1S/2C21H32O20P2.3Zn/c2*1-9(22)33-7-15(35-10(2)23)8-34-43(31,32)41-21-18(38-13(5)26)16(36-11(3)24)20(40-42(28,29)30)17(37-12(4)25)19(21)39-14(6)27;;;/h2*15-21H,7-8H2,1-6H3,(H,31,32)(H2,28,29,30);;;/q;;3*+2/p-6. The fraction of sp³-hybridized carbons (Fsp3) is 0.714. The summed E-state index contributed by atoms with van der Waals surface area (Å²) in [4.78, 5) is 213. The molecule has 2 rings (SSSR count). The van der Waals surface area contributed by atoms with Crippen LogP contribution < -0.4 is 29.4 Å². The van der Waals surface area contributed by atoms with Crippen molar-refractivity contribution in [3.8, 4) is 0 Å². The van der Waals surface area contributed by atoms with Crippen LogP contribution in [-0.2, 0) is 218 Å². The van der Waals surface area contributed by atoms with Crippen molar-refractivity contribution in [2.75, 3.05) is 26.4 Å². The SMILES string of the molecule is CC(=O)OCC(COP(=O)([O-])OC1C(OC(C)=O)C(OC(C)=O)C(OP(=O)([O-])[O-])C(OC(C)=O)C1OC(C)=O)OC(C)=O.CC(=O)OCC(COP(=O)([O-])OC1C(OC(C)=O)C(OC(C)=O)C(OP(=O)([O-])[O-])C(OC(C)=O)C1OC(C)=O)OC(C)=O.[Zn+2].[Zn+2].[Zn+2]. The van der Waals surface area contributed by atoms with Crippen molar-refractivity contribution in [1.82, 2.24) is 0 Å². The van der Waals surface area contributed by atoms with Crippen LogP contribution in [0.1, 0.15) is 83.1 Å². The number of phosphoric acid groups is 4. The smallest absolute Gasteiger partial charge is 0.790 e. The van der Waals surface area contributed by atoms with Crippen molar-refractivity contribution in [2.45, 2.75) is 169 Å². The van der Waals surface area contributed by atoms with Gasteiger partial charge in [0.05, 0.1) is 28.9 Å². The van der Waals surface area contributed by atoms with Crippen LogP contribution >= 0.6 is 31.3 Å². The van der Waals surface area contributed by atoms with Gasteiger partial charge < -0.3 is 122 Å². The van der Waals surface area contributed by atoms with Crippen LogP contribution in [0.3, 0.4) is 0 Å². The average molecular weight is 1520 g/mol. The Kier molecular flexibility index (Phi) is 40.2. The summed E-state index contributed by atoms with van der Waals surface area (Å²) < 4.78 is 136. The molecule has 12 atom stereocenters. The first-order valence-corrected chi connectivity index (χ1v) is 29.8. The van der Waals surface area contributed by atoms with Crippen molar-refractivity contribution in [2.24, 2.45) is 0 Å². The zero-order valence-corrected chi connectivity index (χ0v) is 61.6. The van der Waals surface area contributed by atoms with Crippen molar-refractivity contribution >= 4 is 103 Å². The van der Waals surface area contributed by atoms with Crippen molar-refractivity contribution in [3.05, 3.63) is 0 Å². The number of carbonyl (C=O) groups excluding carboxylic acids is 12. The molecule has 0 aromatic carbocycles. The number of carbonyl (C=O) groups is 12.